The molecule has 4 saturated carbocycles. The monoisotopic (exact) mass is 482 g/mol. The molecular formula is C26H34N4O3S. The standard InChI is InChI=1S/C26H34N4O3S/c1-4-33-23(31)17(3)34-25-29-28-22(30(25)21-7-5-6-16(2)8-21)15-27-24(32)26-12-18-9-19(13-26)11-20(10-18)14-26/h5-8,17-20H,4,9-15H2,1-3H3,(H,27,32)/t17-,18?,19?,20?,26?/m1/s1. The number of carbonyl (C=O) groups excluding carboxylic acids is 2. The van der Waals surface area contributed by atoms with Crippen molar-refractivity contribution in [3.8, 4) is 5.69 Å². The Morgan fingerprint density at radius 2 is 1.85 bits per heavy atom. The number of nitrogens with zero attached hydrogens (tertiary/aromatic N) is 3. The molecule has 7 nitrogen and oxygen atoms in total. The van der Waals surface area contributed by atoms with E-state index in [-0.39, 0.29) is 17.3 Å². The van der Waals surface area contributed by atoms with Crippen LogP contribution in [0, 0.1) is 30.1 Å². The lowest BCUT2D eigenvalue weighted by Gasteiger charge is -2.55. The maximum Gasteiger partial charge on any atom is 0.319 e. The van der Waals surface area contributed by atoms with Gasteiger partial charge >= 0.3 is 5.97 Å². The Hall–Kier alpha value is -2.35. The third kappa shape index (κ3) is 4.49. The molecule has 0 unspecified atom stereocenters. The normalized spacial score (nSPS) is 28.0. The summed E-state index contributed by atoms with van der Waals surface area (Å²) in [5.41, 5.74) is 1.84. The summed E-state index contributed by atoms with van der Waals surface area (Å²) in [5.74, 6) is 2.74. The van der Waals surface area contributed by atoms with Gasteiger partial charge in [0.25, 0.3) is 0 Å². The molecule has 4 bridgehead atoms. The number of aryl methyl sites for hydroxylation is 1. The van der Waals surface area contributed by atoms with E-state index in [1.54, 1.807) is 6.92 Å². The van der Waals surface area contributed by atoms with E-state index in [1.165, 1.54) is 31.0 Å². The minimum Gasteiger partial charge on any atom is -0.465 e. The van der Waals surface area contributed by atoms with Gasteiger partial charge in [-0.15, -0.1) is 10.2 Å². The molecule has 182 valence electrons. The second kappa shape index (κ2) is 9.36. The highest BCUT2D eigenvalue weighted by Gasteiger charge is 2.54. The van der Waals surface area contributed by atoms with E-state index in [9.17, 15) is 9.59 Å². The summed E-state index contributed by atoms with van der Waals surface area (Å²) in [6, 6.07) is 8.09. The summed E-state index contributed by atoms with van der Waals surface area (Å²) in [6.45, 7) is 6.31. The third-order valence-corrected chi connectivity index (χ3v) is 8.81. The number of thioether (sulfide) groups is 1. The number of amides is 1. The molecule has 1 atom stereocenters. The molecule has 1 amide bonds. The van der Waals surface area contributed by atoms with Crippen LogP contribution >= 0.6 is 11.8 Å². The van der Waals surface area contributed by atoms with Crippen LogP contribution in [0.15, 0.2) is 29.4 Å². The van der Waals surface area contributed by atoms with Gasteiger partial charge in [0.15, 0.2) is 11.0 Å². The van der Waals surface area contributed by atoms with Crippen molar-refractivity contribution in [1.82, 2.24) is 20.1 Å². The molecule has 0 spiro atoms. The van der Waals surface area contributed by atoms with Gasteiger partial charge in [-0.1, -0.05) is 23.9 Å². The Kier molecular flexibility index (Phi) is 6.44. The van der Waals surface area contributed by atoms with Crippen LogP contribution in [0.25, 0.3) is 5.69 Å². The number of rotatable bonds is 8. The van der Waals surface area contributed by atoms with Crippen molar-refractivity contribution in [2.45, 2.75) is 76.2 Å². The molecule has 4 aliphatic rings. The third-order valence-electron chi connectivity index (χ3n) is 7.79. The van der Waals surface area contributed by atoms with Crippen LogP contribution in [0.1, 0.15) is 63.8 Å². The SMILES string of the molecule is CCOC(=O)[C@@H](C)Sc1nnc(CNC(=O)C23CC4CC(CC(C4)C2)C3)n1-c1cccc(C)c1. The molecule has 0 saturated heterocycles. The molecule has 0 radical (unpaired) electrons. The van der Waals surface area contributed by atoms with E-state index >= 15 is 0 Å². The Morgan fingerprint density at radius 3 is 2.47 bits per heavy atom. The zero-order chi connectivity index (χ0) is 23.9. The van der Waals surface area contributed by atoms with Crippen molar-refractivity contribution < 1.29 is 14.3 Å². The number of aromatic nitrogens is 3. The minimum atomic E-state index is -0.415. The molecule has 34 heavy (non-hydrogen) atoms. The maximum atomic E-state index is 13.5. The van der Waals surface area contributed by atoms with Gasteiger partial charge in [-0.05, 0) is 94.7 Å². The Balaban J connectivity index is 1.36. The molecule has 8 heteroatoms. The predicted octanol–water partition coefficient (Wildman–Crippen LogP) is 4.45. The van der Waals surface area contributed by atoms with Crippen LogP contribution in [0.2, 0.25) is 0 Å². The van der Waals surface area contributed by atoms with Crippen molar-refractivity contribution >= 4 is 23.6 Å². The first kappa shape index (κ1) is 23.4. The number of benzene rings is 1. The van der Waals surface area contributed by atoms with Crippen LogP contribution in [0.4, 0.5) is 0 Å². The maximum absolute atomic E-state index is 13.5. The molecule has 1 heterocycles. The smallest absolute Gasteiger partial charge is 0.319 e. The van der Waals surface area contributed by atoms with E-state index in [4.69, 9.17) is 4.74 Å². The topological polar surface area (TPSA) is 86.1 Å². The highest BCUT2D eigenvalue weighted by atomic mass is 32.2. The molecule has 4 fully saturated rings. The summed E-state index contributed by atoms with van der Waals surface area (Å²) >= 11 is 1.32. The lowest BCUT2D eigenvalue weighted by atomic mass is 9.49. The molecule has 6 rings (SSSR count). The van der Waals surface area contributed by atoms with Crippen molar-refractivity contribution in [3.05, 3.63) is 35.7 Å². The van der Waals surface area contributed by atoms with Gasteiger partial charge in [0, 0.05) is 11.1 Å². The van der Waals surface area contributed by atoms with E-state index < -0.39 is 5.25 Å². The first-order valence-corrected chi connectivity index (χ1v) is 13.4. The molecule has 4 aliphatic carbocycles. The molecule has 2 aromatic rings. The van der Waals surface area contributed by atoms with Gasteiger partial charge in [0.05, 0.1) is 13.2 Å². The average molecular weight is 483 g/mol. The van der Waals surface area contributed by atoms with Gasteiger partial charge in [-0.25, -0.2) is 0 Å². The van der Waals surface area contributed by atoms with E-state index in [1.807, 2.05) is 36.6 Å². The fourth-order valence-corrected chi connectivity index (χ4v) is 7.60. The summed E-state index contributed by atoms with van der Waals surface area (Å²) in [6.07, 6.45) is 7.04. The van der Waals surface area contributed by atoms with Crippen LogP contribution in [0.5, 0.6) is 0 Å². The second-order valence-corrected chi connectivity index (χ2v) is 11.8. The van der Waals surface area contributed by atoms with Crippen LogP contribution < -0.4 is 5.32 Å². The Morgan fingerprint density at radius 1 is 1.18 bits per heavy atom. The van der Waals surface area contributed by atoms with Crippen molar-refractivity contribution in [2.24, 2.45) is 23.2 Å². The zero-order valence-electron chi connectivity index (χ0n) is 20.3. The average Bonchev–Trinajstić information content (AvgIpc) is 3.19. The molecule has 1 aromatic carbocycles. The molecule has 1 N–H and O–H groups in total. The fourth-order valence-electron chi connectivity index (χ4n) is 6.72. The number of hydrogen-bond donors (Lipinski definition) is 1. The summed E-state index contributed by atoms with van der Waals surface area (Å²) in [4.78, 5) is 25.7. The first-order chi connectivity index (χ1) is 16.4. The van der Waals surface area contributed by atoms with Crippen LogP contribution in [-0.2, 0) is 20.9 Å². The zero-order valence-corrected chi connectivity index (χ0v) is 21.1. The molecule has 1 aromatic heterocycles. The van der Waals surface area contributed by atoms with Crippen LogP contribution in [-0.4, -0.2) is 38.5 Å². The second-order valence-electron chi connectivity index (χ2n) is 10.5. The van der Waals surface area contributed by atoms with E-state index in [0.717, 1.165) is 48.3 Å². The van der Waals surface area contributed by atoms with Gasteiger partial charge in [0.1, 0.15) is 5.25 Å². The van der Waals surface area contributed by atoms with Crippen molar-refractivity contribution in [1.29, 1.82) is 0 Å². The summed E-state index contributed by atoms with van der Waals surface area (Å²) in [7, 11) is 0. The summed E-state index contributed by atoms with van der Waals surface area (Å²) in [5, 5.41) is 12.2. The Bertz CT molecular complexity index is 1050. The van der Waals surface area contributed by atoms with Crippen molar-refractivity contribution in [2.75, 3.05) is 6.61 Å². The van der Waals surface area contributed by atoms with E-state index in [0.29, 0.717) is 24.1 Å². The van der Waals surface area contributed by atoms with Crippen LogP contribution in [0.3, 0.4) is 0 Å². The quantitative estimate of drug-likeness (QED) is 0.442. The fraction of sp³-hybridized carbons (Fsp3) is 0.615. The molecular weight excluding hydrogens is 448 g/mol. The lowest BCUT2D eigenvalue weighted by molar-refractivity contribution is -0.146. The Labute approximate surface area is 205 Å². The van der Waals surface area contributed by atoms with Gasteiger partial charge < -0.3 is 10.1 Å². The minimum absolute atomic E-state index is 0.180. The first-order valence-electron chi connectivity index (χ1n) is 12.5. The largest absolute Gasteiger partial charge is 0.465 e. The number of esters is 1. The number of hydrogen-bond acceptors (Lipinski definition) is 6. The van der Waals surface area contributed by atoms with Gasteiger partial charge in [0.2, 0.25) is 5.91 Å². The van der Waals surface area contributed by atoms with Gasteiger partial charge in [-0.2, -0.15) is 0 Å². The van der Waals surface area contributed by atoms with E-state index in [2.05, 4.69) is 21.6 Å². The lowest BCUT2D eigenvalue weighted by Crippen LogP contribution is -2.53. The number of carbonyl (C=O) groups is 2. The highest BCUT2D eigenvalue weighted by molar-refractivity contribution is 8.00. The summed E-state index contributed by atoms with van der Waals surface area (Å²) < 4.78 is 7.12. The number of nitrogens with one attached hydrogen (secondary N) is 1. The highest BCUT2D eigenvalue weighted by Crippen LogP contribution is 2.60. The molecule has 0 aliphatic heterocycles. The van der Waals surface area contributed by atoms with Gasteiger partial charge in [-0.3, -0.25) is 14.2 Å². The van der Waals surface area contributed by atoms with Crippen molar-refractivity contribution in [3.63, 3.8) is 0 Å². The number of ether oxygens (including phenoxy) is 1. The predicted molar refractivity (Wildman–Crippen MR) is 130 cm³/mol.